The van der Waals surface area contributed by atoms with Crippen molar-refractivity contribution >= 4 is 5.91 Å². The second kappa shape index (κ2) is 6.70. The summed E-state index contributed by atoms with van der Waals surface area (Å²) in [5.41, 5.74) is 1.03. The second-order valence-corrected chi connectivity index (χ2v) is 5.67. The van der Waals surface area contributed by atoms with Gasteiger partial charge in [0.1, 0.15) is 0 Å². The molecular weight excluding hydrogens is 240 g/mol. The summed E-state index contributed by atoms with van der Waals surface area (Å²) in [4.78, 5) is 12.0. The molecule has 0 aliphatic carbocycles. The number of aromatic nitrogens is 2. The number of carbonyl (C=O) groups excluding carboxylic acids is 1. The van der Waals surface area contributed by atoms with Crippen LogP contribution in [0.4, 0.5) is 0 Å². The fourth-order valence-corrected chi connectivity index (χ4v) is 1.66. The minimum atomic E-state index is -0.178. The van der Waals surface area contributed by atoms with Crippen LogP contribution in [-0.2, 0) is 18.3 Å². The molecule has 0 fully saturated rings. The number of amides is 1. The average molecular weight is 266 g/mol. The van der Waals surface area contributed by atoms with Gasteiger partial charge in [-0.15, -0.1) is 0 Å². The second-order valence-electron chi connectivity index (χ2n) is 5.67. The zero-order chi connectivity index (χ0) is 14.5. The molecule has 0 saturated carbocycles. The summed E-state index contributed by atoms with van der Waals surface area (Å²) in [5, 5.41) is 10.4. The van der Waals surface area contributed by atoms with E-state index >= 15 is 0 Å². The van der Waals surface area contributed by atoms with E-state index in [9.17, 15) is 4.79 Å². The summed E-state index contributed by atoms with van der Waals surface area (Å²) in [6, 6.07) is -0.178. The molecule has 1 aromatic rings. The quantitative estimate of drug-likeness (QED) is 0.781. The van der Waals surface area contributed by atoms with Gasteiger partial charge in [0.05, 0.1) is 12.2 Å². The SMILES string of the molecule is CCC(C)(C)NC(=O)C(C)NCCc1cnn(C)c1. The lowest BCUT2D eigenvalue weighted by Crippen LogP contribution is -2.50. The molecule has 0 spiro atoms. The maximum atomic E-state index is 12.0. The summed E-state index contributed by atoms with van der Waals surface area (Å²) >= 11 is 0. The van der Waals surface area contributed by atoms with Crippen molar-refractivity contribution in [1.29, 1.82) is 0 Å². The molecule has 1 amide bonds. The maximum absolute atomic E-state index is 12.0. The number of nitrogens with one attached hydrogen (secondary N) is 2. The Morgan fingerprint density at radius 1 is 1.53 bits per heavy atom. The Balaban J connectivity index is 2.30. The fraction of sp³-hybridized carbons (Fsp3) is 0.714. The highest BCUT2D eigenvalue weighted by Crippen LogP contribution is 2.07. The van der Waals surface area contributed by atoms with Crippen LogP contribution >= 0.6 is 0 Å². The van der Waals surface area contributed by atoms with Gasteiger partial charge in [-0.1, -0.05) is 6.92 Å². The molecule has 2 N–H and O–H groups in total. The molecule has 0 aliphatic rings. The molecule has 1 atom stereocenters. The van der Waals surface area contributed by atoms with Gasteiger partial charge < -0.3 is 10.6 Å². The van der Waals surface area contributed by atoms with Crippen molar-refractivity contribution in [2.75, 3.05) is 6.54 Å². The molecule has 5 heteroatoms. The van der Waals surface area contributed by atoms with Gasteiger partial charge in [0, 0.05) is 25.3 Å². The minimum Gasteiger partial charge on any atom is -0.350 e. The molecule has 0 aromatic carbocycles. The van der Waals surface area contributed by atoms with Crippen LogP contribution in [0.25, 0.3) is 0 Å². The van der Waals surface area contributed by atoms with E-state index in [0.29, 0.717) is 0 Å². The molecule has 108 valence electrons. The van der Waals surface area contributed by atoms with Crippen molar-refractivity contribution < 1.29 is 4.79 Å². The Labute approximate surface area is 115 Å². The van der Waals surface area contributed by atoms with Crippen molar-refractivity contribution in [3.8, 4) is 0 Å². The molecule has 0 radical (unpaired) electrons. The molecule has 1 rings (SSSR count). The first kappa shape index (κ1) is 15.7. The Bertz CT molecular complexity index is 411. The Kier molecular flexibility index (Phi) is 5.54. The molecule has 1 unspecified atom stereocenters. The van der Waals surface area contributed by atoms with Crippen LogP contribution in [0, 0.1) is 0 Å². The fourth-order valence-electron chi connectivity index (χ4n) is 1.66. The van der Waals surface area contributed by atoms with Crippen molar-refractivity contribution in [3.05, 3.63) is 18.0 Å². The average Bonchev–Trinajstić information content (AvgIpc) is 2.74. The third-order valence-corrected chi connectivity index (χ3v) is 3.36. The predicted octanol–water partition coefficient (Wildman–Crippen LogP) is 1.25. The van der Waals surface area contributed by atoms with Gasteiger partial charge in [-0.3, -0.25) is 9.48 Å². The number of aryl methyl sites for hydroxylation is 1. The summed E-state index contributed by atoms with van der Waals surface area (Å²) in [6.45, 7) is 8.80. The van der Waals surface area contributed by atoms with Gasteiger partial charge in [-0.25, -0.2) is 0 Å². The largest absolute Gasteiger partial charge is 0.350 e. The maximum Gasteiger partial charge on any atom is 0.237 e. The third-order valence-electron chi connectivity index (χ3n) is 3.36. The Hall–Kier alpha value is -1.36. The summed E-state index contributed by atoms with van der Waals surface area (Å²) in [6.07, 6.45) is 5.64. The predicted molar refractivity (Wildman–Crippen MR) is 76.9 cm³/mol. The van der Waals surface area contributed by atoms with Crippen molar-refractivity contribution in [1.82, 2.24) is 20.4 Å². The van der Waals surface area contributed by atoms with Crippen LogP contribution in [0.15, 0.2) is 12.4 Å². The number of nitrogens with zero attached hydrogens (tertiary/aromatic N) is 2. The van der Waals surface area contributed by atoms with E-state index in [0.717, 1.165) is 19.4 Å². The Morgan fingerprint density at radius 3 is 2.74 bits per heavy atom. The monoisotopic (exact) mass is 266 g/mol. The molecule has 19 heavy (non-hydrogen) atoms. The topological polar surface area (TPSA) is 59.0 Å². The molecule has 5 nitrogen and oxygen atoms in total. The molecular formula is C14H26N4O. The van der Waals surface area contributed by atoms with Gasteiger partial charge in [0.25, 0.3) is 0 Å². The van der Waals surface area contributed by atoms with Gasteiger partial charge in [0.2, 0.25) is 5.91 Å². The van der Waals surface area contributed by atoms with E-state index in [-0.39, 0.29) is 17.5 Å². The van der Waals surface area contributed by atoms with Gasteiger partial charge in [-0.2, -0.15) is 5.10 Å². The van der Waals surface area contributed by atoms with Crippen molar-refractivity contribution in [2.24, 2.45) is 7.05 Å². The molecule has 1 heterocycles. The summed E-state index contributed by atoms with van der Waals surface area (Å²) in [7, 11) is 1.90. The number of hydrogen-bond donors (Lipinski definition) is 2. The zero-order valence-corrected chi connectivity index (χ0v) is 12.7. The van der Waals surface area contributed by atoms with E-state index < -0.39 is 0 Å². The third kappa shape index (κ3) is 5.42. The van der Waals surface area contributed by atoms with E-state index in [1.807, 2.05) is 40.2 Å². The van der Waals surface area contributed by atoms with Crippen molar-refractivity contribution in [2.45, 2.75) is 52.1 Å². The number of hydrogen-bond acceptors (Lipinski definition) is 3. The molecule has 0 saturated heterocycles. The number of rotatable bonds is 7. The molecule has 0 bridgehead atoms. The smallest absolute Gasteiger partial charge is 0.237 e. The van der Waals surface area contributed by atoms with Crippen LogP contribution in [0.3, 0.4) is 0 Å². The van der Waals surface area contributed by atoms with Crippen LogP contribution in [0.1, 0.15) is 39.7 Å². The van der Waals surface area contributed by atoms with E-state index in [1.165, 1.54) is 5.56 Å². The van der Waals surface area contributed by atoms with Crippen LogP contribution < -0.4 is 10.6 Å². The first-order valence-corrected chi connectivity index (χ1v) is 6.87. The van der Waals surface area contributed by atoms with Gasteiger partial charge in [0.15, 0.2) is 0 Å². The minimum absolute atomic E-state index is 0.0537. The Morgan fingerprint density at radius 2 is 2.21 bits per heavy atom. The molecule has 0 aliphatic heterocycles. The first-order chi connectivity index (χ1) is 8.84. The van der Waals surface area contributed by atoms with E-state index in [2.05, 4.69) is 22.7 Å². The zero-order valence-electron chi connectivity index (χ0n) is 12.7. The standard InChI is InChI=1S/C14H26N4O/c1-6-14(3,4)17-13(19)11(2)15-8-7-12-9-16-18(5)10-12/h9-11,15H,6-8H2,1-5H3,(H,17,19). The van der Waals surface area contributed by atoms with E-state index in [1.54, 1.807) is 4.68 Å². The van der Waals surface area contributed by atoms with Crippen molar-refractivity contribution in [3.63, 3.8) is 0 Å². The van der Waals surface area contributed by atoms with Crippen LogP contribution in [-0.4, -0.2) is 33.8 Å². The van der Waals surface area contributed by atoms with Gasteiger partial charge in [-0.05, 0) is 39.2 Å². The highest BCUT2D eigenvalue weighted by molar-refractivity contribution is 5.81. The highest BCUT2D eigenvalue weighted by atomic mass is 16.2. The lowest BCUT2D eigenvalue weighted by Gasteiger charge is -2.26. The highest BCUT2D eigenvalue weighted by Gasteiger charge is 2.21. The normalized spacial score (nSPS) is 13.3. The lowest BCUT2D eigenvalue weighted by atomic mass is 10.0. The number of carbonyl (C=O) groups is 1. The first-order valence-electron chi connectivity index (χ1n) is 6.87. The van der Waals surface area contributed by atoms with E-state index in [4.69, 9.17) is 0 Å². The van der Waals surface area contributed by atoms with Crippen LogP contribution in [0.2, 0.25) is 0 Å². The summed E-state index contributed by atoms with van der Waals surface area (Å²) in [5.74, 6) is 0.0537. The lowest BCUT2D eigenvalue weighted by molar-refractivity contribution is -0.124. The molecule has 1 aromatic heterocycles. The van der Waals surface area contributed by atoms with Crippen LogP contribution in [0.5, 0.6) is 0 Å². The summed E-state index contributed by atoms with van der Waals surface area (Å²) < 4.78 is 1.79. The van der Waals surface area contributed by atoms with Gasteiger partial charge >= 0.3 is 0 Å².